The number of benzene rings is 1. The molecule has 1 heterocycles. The van der Waals surface area contributed by atoms with E-state index in [2.05, 4.69) is 33.9 Å². The number of carbonyl (C=O) groups excluding carboxylic acids is 2. The Kier molecular flexibility index (Phi) is 6.39. The van der Waals surface area contributed by atoms with Gasteiger partial charge in [0.25, 0.3) is 0 Å². The first kappa shape index (κ1) is 24.2. The molecule has 2 aliphatic rings. The molecule has 8 heteroatoms. The second-order valence-corrected chi connectivity index (χ2v) is 14.8. The third kappa shape index (κ3) is 4.00. The van der Waals surface area contributed by atoms with Gasteiger partial charge in [-0.1, -0.05) is 20.8 Å². The van der Waals surface area contributed by atoms with Crippen LogP contribution >= 0.6 is 0 Å². The van der Waals surface area contributed by atoms with Gasteiger partial charge in [-0.3, -0.25) is 14.5 Å². The van der Waals surface area contributed by atoms with Crippen LogP contribution in [0.4, 0.5) is 0 Å². The number of fused-ring (bicyclic) bond motifs is 1. The summed E-state index contributed by atoms with van der Waals surface area (Å²) >= 11 is 0. The Bertz CT molecular complexity index is 923. The van der Waals surface area contributed by atoms with Crippen molar-refractivity contribution < 1.29 is 28.2 Å². The van der Waals surface area contributed by atoms with E-state index in [-0.39, 0.29) is 22.8 Å². The van der Waals surface area contributed by atoms with Crippen molar-refractivity contribution in [3.05, 3.63) is 29.5 Å². The molecule has 1 aromatic carbocycles. The van der Waals surface area contributed by atoms with Crippen molar-refractivity contribution in [2.75, 3.05) is 28.4 Å². The molecule has 3 rings (SSSR count). The summed E-state index contributed by atoms with van der Waals surface area (Å²) in [5, 5.41) is 0.0129. The van der Waals surface area contributed by atoms with E-state index in [1.165, 1.54) is 4.90 Å². The number of imide groups is 1. The molecule has 1 aliphatic carbocycles. The topological polar surface area (TPSA) is 74.3 Å². The highest BCUT2D eigenvalue weighted by atomic mass is 28.4. The lowest BCUT2D eigenvalue weighted by Gasteiger charge is -2.40. The number of hydrogen-bond acceptors (Lipinski definition) is 6. The Morgan fingerprint density at radius 1 is 0.969 bits per heavy atom. The summed E-state index contributed by atoms with van der Waals surface area (Å²) in [6, 6.07) is 3.70. The van der Waals surface area contributed by atoms with Gasteiger partial charge in [0.1, 0.15) is 0 Å². The zero-order valence-electron chi connectivity index (χ0n) is 20.6. The smallest absolute Gasteiger partial charge is 0.250 e. The molecule has 2 amide bonds. The molecular formula is C24H35NO6Si. The van der Waals surface area contributed by atoms with Crippen LogP contribution in [0.1, 0.15) is 38.7 Å². The molecule has 0 radical (unpaired) electrons. The van der Waals surface area contributed by atoms with Gasteiger partial charge in [0, 0.05) is 19.4 Å². The number of likely N-dealkylation sites (tertiary alicyclic amines) is 1. The lowest BCUT2D eigenvalue weighted by Crippen LogP contribution is -2.41. The zero-order valence-corrected chi connectivity index (χ0v) is 21.6. The highest BCUT2D eigenvalue weighted by Crippen LogP contribution is 2.50. The van der Waals surface area contributed by atoms with Crippen molar-refractivity contribution >= 4 is 20.1 Å². The summed E-state index contributed by atoms with van der Waals surface area (Å²) in [4.78, 5) is 27.3. The minimum absolute atomic E-state index is 0.0129. The molecule has 0 aromatic heterocycles. The highest BCUT2D eigenvalue weighted by Gasteiger charge is 2.52. The molecule has 0 N–H and O–H groups in total. The first-order valence-electron chi connectivity index (χ1n) is 10.9. The number of ether oxygens (including phenoxy) is 3. The molecule has 7 nitrogen and oxygen atoms in total. The van der Waals surface area contributed by atoms with E-state index in [0.29, 0.717) is 23.7 Å². The van der Waals surface area contributed by atoms with Gasteiger partial charge in [-0.2, -0.15) is 0 Å². The van der Waals surface area contributed by atoms with Crippen molar-refractivity contribution in [2.24, 2.45) is 11.8 Å². The molecule has 0 bridgehead atoms. The van der Waals surface area contributed by atoms with Crippen LogP contribution in [0.5, 0.6) is 17.2 Å². The first-order chi connectivity index (χ1) is 14.9. The van der Waals surface area contributed by atoms with Crippen LogP contribution in [0.2, 0.25) is 18.1 Å². The molecule has 0 unspecified atom stereocenters. The van der Waals surface area contributed by atoms with Crippen molar-refractivity contribution in [3.8, 4) is 17.2 Å². The zero-order chi connectivity index (χ0) is 24.0. The average Bonchev–Trinajstić information content (AvgIpc) is 2.95. The Labute approximate surface area is 191 Å². The van der Waals surface area contributed by atoms with Gasteiger partial charge >= 0.3 is 0 Å². The van der Waals surface area contributed by atoms with E-state index in [1.807, 2.05) is 18.2 Å². The lowest BCUT2D eigenvalue weighted by molar-refractivity contribution is -0.138. The molecule has 1 saturated heterocycles. The van der Waals surface area contributed by atoms with Crippen LogP contribution in [-0.2, 0) is 14.0 Å². The SMILES string of the molecule is COc1cc([C@@H]2C=C(O[Si](C)(C)C(C)(C)C)C[C@H]3C(=O)N(C)C(=O)[C@H]32)cc(OC)c1OC. The fourth-order valence-electron chi connectivity index (χ4n) is 4.27. The van der Waals surface area contributed by atoms with E-state index in [1.54, 1.807) is 28.4 Å². The van der Waals surface area contributed by atoms with E-state index >= 15 is 0 Å². The molecule has 1 aliphatic heterocycles. The number of amides is 2. The molecular weight excluding hydrogens is 426 g/mol. The maximum absolute atomic E-state index is 13.1. The molecule has 1 fully saturated rings. The van der Waals surface area contributed by atoms with E-state index in [4.69, 9.17) is 18.6 Å². The van der Waals surface area contributed by atoms with Crippen LogP contribution < -0.4 is 14.2 Å². The normalized spacial score (nSPS) is 23.6. The highest BCUT2D eigenvalue weighted by molar-refractivity contribution is 6.74. The third-order valence-corrected chi connectivity index (χ3v) is 11.5. The number of carbonyl (C=O) groups is 2. The Morgan fingerprint density at radius 3 is 2.00 bits per heavy atom. The van der Waals surface area contributed by atoms with Crippen molar-refractivity contribution in [1.29, 1.82) is 0 Å². The fourth-order valence-corrected chi connectivity index (χ4v) is 5.38. The summed E-state index contributed by atoms with van der Waals surface area (Å²) < 4.78 is 23.1. The van der Waals surface area contributed by atoms with Gasteiger partial charge in [-0.05, 0) is 41.9 Å². The van der Waals surface area contributed by atoms with Gasteiger partial charge in [0.15, 0.2) is 11.5 Å². The summed E-state index contributed by atoms with van der Waals surface area (Å²) in [6.45, 7) is 10.9. The predicted octanol–water partition coefficient (Wildman–Crippen LogP) is 4.34. The standard InChI is InChI=1S/C24H35NO6Si/c1-24(2,3)32(8,9)31-15-12-16(20-17(13-15)22(26)25(4)23(20)27)14-10-18(28-5)21(30-7)19(11-14)29-6/h10-12,16-17,20H,13H2,1-9H3/t16-,17+,20-/m0/s1. The summed E-state index contributed by atoms with van der Waals surface area (Å²) in [5.41, 5.74) is 0.821. The van der Waals surface area contributed by atoms with Gasteiger partial charge in [-0.15, -0.1) is 0 Å². The van der Waals surface area contributed by atoms with E-state index in [0.717, 1.165) is 11.3 Å². The maximum Gasteiger partial charge on any atom is 0.250 e. The van der Waals surface area contributed by atoms with Crippen LogP contribution in [-0.4, -0.2) is 53.4 Å². The van der Waals surface area contributed by atoms with E-state index < -0.39 is 20.2 Å². The van der Waals surface area contributed by atoms with Crippen LogP contribution in [0.25, 0.3) is 0 Å². The Hall–Kier alpha value is -2.48. The maximum atomic E-state index is 13.1. The van der Waals surface area contributed by atoms with Crippen LogP contribution in [0.15, 0.2) is 24.0 Å². The minimum atomic E-state index is -2.12. The van der Waals surface area contributed by atoms with Gasteiger partial charge in [-0.25, -0.2) is 0 Å². The lowest BCUT2D eigenvalue weighted by atomic mass is 9.73. The Balaban J connectivity index is 2.14. The average molecular weight is 462 g/mol. The van der Waals surface area contributed by atoms with Crippen molar-refractivity contribution in [2.45, 2.75) is 51.2 Å². The Morgan fingerprint density at radius 2 is 1.53 bits per heavy atom. The summed E-state index contributed by atoms with van der Waals surface area (Å²) in [6.07, 6.45) is 2.46. The van der Waals surface area contributed by atoms with Crippen LogP contribution in [0, 0.1) is 11.8 Å². The molecule has 0 saturated carbocycles. The number of nitrogens with zero attached hydrogens (tertiary/aromatic N) is 1. The summed E-state index contributed by atoms with van der Waals surface area (Å²) in [7, 11) is 4.11. The number of hydrogen-bond donors (Lipinski definition) is 0. The predicted molar refractivity (Wildman–Crippen MR) is 125 cm³/mol. The molecule has 0 spiro atoms. The fraction of sp³-hybridized carbons (Fsp3) is 0.583. The van der Waals surface area contributed by atoms with Gasteiger partial charge in [0.2, 0.25) is 25.9 Å². The van der Waals surface area contributed by atoms with Crippen molar-refractivity contribution in [3.63, 3.8) is 0 Å². The monoisotopic (exact) mass is 461 g/mol. The third-order valence-electron chi connectivity index (χ3n) is 7.13. The second kappa shape index (κ2) is 8.46. The number of allylic oxidation sites excluding steroid dienone is 2. The molecule has 3 atom stereocenters. The summed E-state index contributed by atoms with van der Waals surface area (Å²) in [5.74, 6) is 0.700. The minimum Gasteiger partial charge on any atom is -0.547 e. The van der Waals surface area contributed by atoms with Gasteiger partial charge in [0.05, 0.1) is 38.9 Å². The molecule has 32 heavy (non-hydrogen) atoms. The number of rotatable bonds is 6. The first-order valence-corrected chi connectivity index (χ1v) is 13.8. The van der Waals surface area contributed by atoms with Gasteiger partial charge < -0.3 is 18.6 Å². The van der Waals surface area contributed by atoms with E-state index in [9.17, 15) is 9.59 Å². The second-order valence-electron chi connectivity index (χ2n) is 10.1. The largest absolute Gasteiger partial charge is 0.547 e. The molecule has 176 valence electrons. The quantitative estimate of drug-likeness (QED) is 0.464. The van der Waals surface area contributed by atoms with Crippen LogP contribution in [0.3, 0.4) is 0 Å². The molecule has 1 aromatic rings. The van der Waals surface area contributed by atoms with Crippen molar-refractivity contribution in [1.82, 2.24) is 4.90 Å². The number of methoxy groups -OCH3 is 3.